The van der Waals surface area contributed by atoms with E-state index in [-0.39, 0.29) is 48.3 Å². The molecule has 1 aliphatic carbocycles. The zero-order chi connectivity index (χ0) is 17.8. The second kappa shape index (κ2) is 7.59. The van der Waals surface area contributed by atoms with Gasteiger partial charge in [-0.3, -0.25) is 19.3 Å². The normalized spacial score (nSPS) is 22.2. The number of imide groups is 1. The number of carbonyl (C=O) groups is 3. The minimum absolute atomic E-state index is 0.105. The molecule has 6 heteroatoms. The van der Waals surface area contributed by atoms with E-state index in [0.717, 1.165) is 5.56 Å². The van der Waals surface area contributed by atoms with Crippen LogP contribution in [0.4, 0.5) is 4.39 Å². The predicted molar refractivity (Wildman–Crippen MR) is 89.6 cm³/mol. The first-order chi connectivity index (χ1) is 12.1. The average molecular weight is 344 g/mol. The highest BCUT2D eigenvalue weighted by Gasteiger charge is 2.46. The molecule has 1 N–H and O–H groups in total. The Balaban J connectivity index is 1.42. The number of benzene rings is 1. The van der Waals surface area contributed by atoms with E-state index < -0.39 is 0 Å². The molecule has 0 spiro atoms. The van der Waals surface area contributed by atoms with Crippen LogP contribution in [0.25, 0.3) is 0 Å². The fourth-order valence-electron chi connectivity index (χ4n) is 3.38. The summed E-state index contributed by atoms with van der Waals surface area (Å²) in [5.41, 5.74) is 0.816. The van der Waals surface area contributed by atoms with Gasteiger partial charge in [-0.05, 0) is 37.0 Å². The van der Waals surface area contributed by atoms with E-state index in [1.54, 1.807) is 12.1 Å². The van der Waals surface area contributed by atoms with Gasteiger partial charge < -0.3 is 5.32 Å². The van der Waals surface area contributed by atoms with Crippen LogP contribution < -0.4 is 5.32 Å². The van der Waals surface area contributed by atoms with Crippen molar-refractivity contribution >= 4 is 17.7 Å². The van der Waals surface area contributed by atoms with E-state index >= 15 is 0 Å². The van der Waals surface area contributed by atoms with Crippen LogP contribution in [-0.4, -0.2) is 29.2 Å². The van der Waals surface area contributed by atoms with E-state index in [0.29, 0.717) is 25.8 Å². The number of nitrogens with one attached hydrogen (secondary N) is 1. The summed E-state index contributed by atoms with van der Waals surface area (Å²) in [7, 11) is 0. The molecular weight excluding hydrogens is 323 g/mol. The summed E-state index contributed by atoms with van der Waals surface area (Å²) in [6, 6.07) is 5.93. The highest BCUT2D eigenvalue weighted by molar-refractivity contribution is 6.05. The summed E-state index contributed by atoms with van der Waals surface area (Å²) in [5, 5.41) is 2.76. The lowest BCUT2D eigenvalue weighted by atomic mass is 9.85. The molecule has 3 amide bonds. The number of likely N-dealkylation sites (tertiary alicyclic amines) is 1. The number of hydrogen-bond donors (Lipinski definition) is 1. The third-order valence-electron chi connectivity index (χ3n) is 4.79. The largest absolute Gasteiger partial charge is 0.352 e. The first-order valence-corrected chi connectivity index (χ1v) is 8.57. The number of carbonyl (C=O) groups excluding carboxylic acids is 3. The number of rotatable bonds is 6. The van der Waals surface area contributed by atoms with Crippen molar-refractivity contribution in [3.05, 3.63) is 47.8 Å². The van der Waals surface area contributed by atoms with Crippen molar-refractivity contribution in [2.45, 2.75) is 32.2 Å². The summed E-state index contributed by atoms with van der Waals surface area (Å²) in [5.74, 6) is -1.11. The number of allylic oxidation sites excluding steroid dienone is 2. The molecule has 0 bridgehead atoms. The standard InChI is InChI=1S/C19H21FN2O3/c20-14-9-7-13(8-10-14)12-21-17(23)6-3-11-22-18(24)15-4-1-2-5-16(15)19(22)25/h1-2,7-10,15-16H,3-6,11-12H2,(H,21,23)/t15-,16-/m1/s1. The van der Waals surface area contributed by atoms with E-state index in [2.05, 4.69) is 5.32 Å². The molecule has 0 unspecified atom stereocenters. The zero-order valence-electron chi connectivity index (χ0n) is 13.9. The second-order valence-corrected chi connectivity index (χ2v) is 6.49. The fourth-order valence-corrected chi connectivity index (χ4v) is 3.38. The maximum absolute atomic E-state index is 12.8. The lowest BCUT2D eigenvalue weighted by Crippen LogP contribution is -2.33. The van der Waals surface area contributed by atoms with Gasteiger partial charge in [-0.15, -0.1) is 0 Å². The Kier molecular flexibility index (Phi) is 5.26. The third kappa shape index (κ3) is 3.95. The Labute approximate surface area is 145 Å². The van der Waals surface area contributed by atoms with Gasteiger partial charge in [0, 0.05) is 19.5 Å². The van der Waals surface area contributed by atoms with Crippen molar-refractivity contribution in [2.75, 3.05) is 6.54 Å². The van der Waals surface area contributed by atoms with Crippen molar-refractivity contribution in [3.8, 4) is 0 Å². The molecule has 3 rings (SSSR count). The van der Waals surface area contributed by atoms with E-state index in [1.807, 2.05) is 12.2 Å². The van der Waals surface area contributed by atoms with Gasteiger partial charge in [0.1, 0.15) is 5.82 Å². The van der Waals surface area contributed by atoms with Gasteiger partial charge in [-0.2, -0.15) is 0 Å². The summed E-state index contributed by atoms with van der Waals surface area (Å²) in [6.07, 6.45) is 5.86. The predicted octanol–water partition coefficient (Wildman–Crippen LogP) is 2.17. The second-order valence-electron chi connectivity index (χ2n) is 6.49. The Morgan fingerprint density at radius 2 is 1.68 bits per heavy atom. The Morgan fingerprint density at radius 3 is 2.28 bits per heavy atom. The smallest absolute Gasteiger partial charge is 0.233 e. The van der Waals surface area contributed by atoms with Crippen LogP contribution in [0.1, 0.15) is 31.2 Å². The monoisotopic (exact) mass is 344 g/mol. The van der Waals surface area contributed by atoms with Crippen molar-refractivity contribution < 1.29 is 18.8 Å². The van der Waals surface area contributed by atoms with Gasteiger partial charge in [0.05, 0.1) is 11.8 Å². The molecule has 0 radical (unpaired) electrons. The van der Waals surface area contributed by atoms with Crippen LogP contribution in [0.2, 0.25) is 0 Å². The lowest BCUT2D eigenvalue weighted by Gasteiger charge is -2.14. The molecule has 1 aliphatic heterocycles. The van der Waals surface area contributed by atoms with Crippen molar-refractivity contribution in [1.29, 1.82) is 0 Å². The van der Waals surface area contributed by atoms with E-state index in [9.17, 15) is 18.8 Å². The van der Waals surface area contributed by atoms with Crippen LogP contribution in [0.15, 0.2) is 36.4 Å². The van der Waals surface area contributed by atoms with Crippen LogP contribution in [0.3, 0.4) is 0 Å². The highest BCUT2D eigenvalue weighted by Crippen LogP contribution is 2.35. The molecule has 132 valence electrons. The van der Waals surface area contributed by atoms with Crippen LogP contribution in [-0.2, 0) is 20.9 Å². The molecule has 25 heavy (non-hydrogen) atoms. The molecule has 2 atom stereocenters. The molecule has 1 aromatic carbocycles. The third-order valence-corrected chi connectivity index (χ3v) is 4.79. The average Bonchev–Trinajstić information content (AvgIpc) is 2.86. The van der Waals surface area contributed by atoms with Crippen LogP contribution in [0.5, 0.6) is 0 Å². The Hall–Kier alpha value is -2.50. The van der Waals surface area contributed by atoms with E-state index in [4.69, 9.17) is 0 Å². The molecule has 0 saturated carbocycles. The number of hydrogen-bond acceptors (Lipinski definition) is 3. The van der Waals surface area contributed by atoms with Crippen LogP contribution in [0, 0.1) is 17.7 Å². The molecule has 1 aromatic rings. The van der Waals surface area contributed by atoms with Crippen LogP contribution >= 0.6 is 0 Å². The number of fused-ring (bicyclic) bond motifs is 1. The number of nitrogens with zero attached hydrogens (tertiary/aromatic N) is 1. The maximum Gasteiger partial charge on any atom is 0.233 e. The van der Waals surface area contributed by atoms with Gasteiger partial charge in [0.15, 0.2) is 0 Å². The SMILES string of the molecule is O=C(CCCN1C(=O)[C@@H]2CC=CC[C@H]2C1=O)NCc1ccc(F)cc1. The van der Waals surface area contributed by atoms with Gasteiger partial charge in [-0.1, -0.05) is 24.3 Å². The molecule has 1 fully saturated rings. The van der Waals surface area contributed by atoms with Crippen molar-refractivity contribution in [2.24, 2.45) is 11.8 Å². The highest BCUT2D eigenvalue weighted by atomic mass is 19.1. The molecule has 1 heterocycles. The van der Waals surface area contributed by atoms with Gasteiger partial charge in [-0.25, -0.2) is 4.39 Å². The quantitative estimate of drug-likeness (QED) is 0.635. The van der Waals surface area contributed by atoms with Gasteiger partial charge >= 0.3 is 0 Å². The summed E-state index contributed by atoms with van der Waals surface area (Å²) in [4.78, 5) is 37.8. The topological polar surface area (TPSA) is 66.5 Å². The summed E-state index contributed by atoms with van der Waals surface area (Å²) >= 11 is 0. The Bertz CT molecular complexity index is 673. The fraction of sp³-hybridized carbons (Fsp3) is 0.421. The summed E-state index contributed by atoms with van der Waals surface area (Å²) in [6.45, 7) is 0.616. The zero-order valence-corrected chi connectivity index (χ0v) is 13.9. The molecule has 5 nitrogen and oxygen atoms in total. The molecular formula is C19H21FN2O3. The maximum atomic E-state index is 12.8. The molecule has 1 saturated heterocycles. The Morgan fingerprint density at radius 1 is 1.08 bits per heavy atom. The molecule has 0 aromatic heterocycles. The minimum Gasteiger partial charge on any atom is -0.352 e. The first kappa shape index (κ1) is 17.3. The molecule has 2 aliphatic rings. The van der Waals surface area contributed by atoms with Crippen molar-refractivity contribution in [1.82, 2.24) is 10.2 Å². The van der Waals surface area contributed by atoms with Gasteiger partial charge in [0.2, 0.25) is 17.7 Å². The minimum atomic E-state index is -0.314. The van der Waals surface area contributed by atoms with Gasteiger partial charge in [0.25, 0.3) is 0 Å². The summed E-state index contributed by atoms with van der Waals surface area (Å²) < 4.78 is 12.8. The first-order valence-electron chi connectivity index (χ1n) is 8.57. The number of amides is 3. The van der Waals surface area contributed by atoms with E-state index in [1.165, 1.54) is 17.0 Å². The lowest BCUT2D eigenvalue weighted by molar-refractivity contribution is -0.140. The number of halogens is 1. The van der Waals surface area contributed by atoms with Crippen molar-refractivity contribution in [3.63, 3.8) is 0 Å².